The summed E-state index contributed by atoms with van der Waals surface area (Å²) < 4.78 is 4.95. The number of rotatable bonds is 4. The summed E-state index contributed by atoms with van der Waals surface area (Å²) in [6, 6.07) is 14.0. The second kappa shape index (κ2) is 5.87. The molecule has 0 heterocycles. The molecule has 0 aliphatic heterocycles. The normalized spacial score (nSPS) is 10.6. The predicted molar refractivity (Wildman–Crippen MR) is 74.5 cm³/mol. The highest BCUT2D eigenvalue weighted by Gasteiger charge is 2.02. The molecule has 3 heteroatoms. The van der Waals surface area contributed by atoms with Crippen LogP contribution in [0.25, 0.3) is 6.08 Å². The molecule has 2 aromatic rings. The third-order valence-corrected chi connectivity index (χ3v) is 2.69. The zero-order chi connectivity index (χ0) is 13.7. The lowest BCUT2D eigenvalue weighted by molar-refractivity contribution is 0.104. The molecule has 0 radical (unpaired) electrons. The molecule has 0 atom stereocenters. The molecule has 0 fully saturated rings. The first-order chi connectivity index (χ1) is 9.20. The van der Waals surface area contributed by atoms with E-state index < -0.39 is 0 Å². The van der Waals surface area contributed by atoms with Crippen molar-refractivity contribution < 1.29 is 14.6 Å². The summed E-state index contributed by atoms with van der Waals surface area (Å²) in [7, 11) is 1.49. The fraction of sp³-hybridized carbons (Fsp3) is 0.0625. The van der Waals surface area contributed by atoms with E-state index >= 15 is 0 Å². The van der Waals surface area contributed by atoms with Gasteiger partial charge in [-0.15, -0.1) is 0 Å². The van der Waals surface area contributed by atoms with Gasteiger partial charge in [0, 0.05) is 5.56 Å². The van der Waals surface area contributed by atoms with Gasteiger partial charge < -0.3 is 9.84 Å². The molecule has 0 aromatic heterocycles. The van der Waals surface area contributed by atoms with Crippen LogP contribution in [0.1, 0.15) is 15.9 Å². The van der Waals surface area contributed by atoms with Crippen molar-refractivity contribution >= 4 is 11.9 Å². The van der Waals surface area contributed by atoms with Gasteiger partial charge >= 0.3 is 0 Å². The van der Waals surface area contributed by atoms with Gasteiger partial charge in [-0.25, -0.2) is 0 Å². The lowest BCUT2D eigenvalue weighted by atomic mass is 10.1. The molecule has 96 valence electrons. The number of hydrogen-bond donors (Lipinski definition) is 1. The van der Waals surface area contributed by atoms with Crippen LogP contribution in [0.5, 0.6) is 11.5 Å². The molecule has 19 heavy (non-hydrogen) atoms. The zero-order valence-electron chi connectivity index (χ0n) is 10.5. The average molecular weight is 254 g/mol. The molecular weight excluding hydrogens is 240 g/mol. The van der Waals surface area contributed by atoms with Crippen molar-refractivity contribution in [3.05, 3.63) is 65.7 Å². The largest absolute Gasteiger partial charge is 0.504 e. The molecule has 0 bridgehead atoms. The highest BCUT2D eigenvalue weighted by molar-refractivity contribution is 6.06. The van der Waals surface area contributed by atoms with Crippen molar-refractivity contribution in [2.75, 3.05) is 7.11 Å². The summed E-state index contributed by atoms with van der Waals surface area (Å²) in [5.74, 6) is 0.388. The van der Waals surface area contributed by atoms with Gasteiger partial charge in [-0.1, -0.05) is 42.5 Å². The fourth-order valence-corrected chi connectivity index (χ4v) is 1.68. The number of methoxy groups -OCH3 is 1. The van der Waals surface area contributed by atoms with Gasteiger partial charge in [0.25, 0.3) is 0 Å². The van der Waals surface area contributed by atoms with Crippen LogP contribution in [0.3, 0.4) is 0 Å². The van der Waals surface area contributed by atoms with E-state index in [2.05, 4.69) is 0 Å². The highest BCUT2D eigenvalue weighted by Crippen LogP contribution is 2.26. The van der Waals surface area contributed by atoms with Gasteiger partial charge in [-0.2, -0.15) is 0 Å². The Labute approximate surface area is 111 Å². The van der Waals surface area contributed by atoms with Gasteiger partial charge in [0.2, 0.25) is 0 Å². The van der Waals surface area contributed by atoms with E-state index in [1.54, 1.807) is 36.4 Å². The maximum absolute atomic E-state index is 11.9. The second-order valence-corrected chi connectivity index (χ2v) is 3.99. The van der Waals surface area contributed by atoms with Crippen molar-refractivity contribution in [3.63, 3.8) is 0 Å². The molecule has 0 unspecified atom stereocenters. The van der Waals surface area contributed by atoms with Gasteiger partial charge in [0.15, 0.2) is 17.3 Å². The number of carbonyl (C=O) groups is 1. The fourth-order valence-electron chi connectivity index (χ4n) is 1.68. The lowest BCUT2D eigenvalue weighted by Gasteiger charge is -2.03. The van der Waals surface area contributed by atoms with Crippen LogP contribution in [0, 0.1) is 0 Å². The lowest BCUT2D eigenvalue weighted by Crippen LogP contribution is -1.92. The molecule has 0 aliphatic carbocycles. The molecular formula is C16H14O3. The molecule has 0 spiro atoms. The number of aromatic hydroxyl groups is 1. The molecule has 2 rings (SSSR count). The third-order valence-electron chi connectivity index (χ3n) is 2.69. The third kappa shape index (κ3) is 3.22. The molecule has 0 aliphatic rings. The first kappa shape index (κ1) is 12.9. The first-order valence-corrected chi connectivity index (χ1v) is 5.85. The van der Waals surface area contributed by atoms with E-state index in [-0.39, 0.29) is 11.5 Å². The second-order valence-electron chi connectivity index (χ2n) is 3.99. The molecule has 0 saturated heterocycles. The number of ketones is 1. The van der Waals surface area contributed by atoms with Crippen molar-refractivity contribution in [1.82, 2.24) is 0 Å². The smallest absolute Gasteiger partial charge is 0.185 e. The van der Waals surface area contributed by atoms with E-state index in [0.29, 0.717) is 11.3 Å². The number of carbonyl (C=O) groups excluding carboxylic acids is 1. The highest BCUT2D eigenvalue weighted by atomic mass is 16.5. The quantitative estimate of drug-likeness (QED) is 0.672. The van der Waals surface area contributed by atoms with Crippen molar-refractivity contribution in [1.29, 1.82) is 0 Å². The van der Waals surface area contributed by atoms with E-state index in [9.17, 15) is 9.90 Å². The van der Waals surface area contributed by atoms with E-state index in [1.807, 2.05) is 18.2 Å². The number of hydrogen-bond acceptors (Lipinski definition) is 3. The average Bonchev–Trinajstić information content (AvgIpc) is 2.46. The van der Waals surface area contributed by atoms with Crippen molar-refractivity contribution in [2.45, 2.75) is 0 Å². The Morgan fingerprint density at radius 2 is 1.89 bits per heavy atom. The van der Waals surface area contributed by atoms with Crippen LogP contribution in [0.15, 0.2) is 54.6 Å². The summed E-state index contributed by atoms with van der Waals surface area (Å²) in [5.41, 5.74) is 1.37. The Kier molecular flexibility index (Phi) is 3.98. The number of ether oxygens (including phenoxy) is 1. The van der Waals surface area contributed by atoms with E-state index in [1.165, 1.54) is 13.2 Å². The number of phenolic OH excluding ortho intramolecular Hbond substituents is 1. The van der Waals surface area contributed by atoms with Gasteiger partial charge in [-0.05, 0) is 23.8 Å². The maximum Gasteiger partial charge on any atom is 0.185 e. The van der Waals surface area contributed by atoms with Crippen LogP contribution in [0.2, 0.25) is 0 Å². The minimum atomic E-state index is -0.0732. The summed E-state index contributed by atoms with van der Waals surface area (Å²) in [6.07, 6.45) is 3.14. The molecule has 1 N–H and O–H groups in total. The number of phenols is 1. The van der Waals surface area contributed by atoms with E-state index in [4.69, 9.17) is 4.74 Å². The molecule has 2 aromatic carbocycles. The van der Waals surface area contributed by atoms with Gasteiger partial charge in [0.05, 0.1) is 7.11 Å². The summed E-state index contributed by atoms with van der Waals surface area (Å²) in [6.45, 7) is 0. The Morgan fingerprint density at radius 3 is 2.53 bits per heavy atom. The zero-order valence-corrected chi connectivity index (χ0v) is 10.5. The Balaban J connectivity index is 2.15. The SMILES string of the molecule is COc1ccc(/C=C\C(=O)c2ccccc2)cc1O. The minimum absolute atomic E-state index is 0.0526. The maximum atomic E-state index is 11.9. The summed E-state index contributed by atoms with van der Waals surface area (Å²) in [5, 5.41) is 9.63. The van der Waals surface area contributed by atoms with Gasteiger partial charge in [-0.3, -0.25) is 4.79 Å². The Morgan fingerprint density at radius 1 is 1.16 bits per heavy atom. The number of benzene rings is 2. The first-order valence-electron chi connectivity index (χ1n) is 5.85. The van der Waals surface area contributed by atoms with Gasteiger partial charge in [0.1, 0.15) is 0 Å². The summed E-state index contributed by atoms with van der Waals surface area (Å²) in [4.78, 5) is 11.9. The summed E-state index contributed by atoms with van der Waals surface area (Å²) >= 11 is 0. The van der Waals surface area contributed by atoms with Crippen LogP contribution < -0.4 is 4.74 Å². The molecule has 0 amide bonds. The standard InChI is InChI=1S/C16H14O3/c1-19-16-10-8-12(11-15(16)18)7-9-14(17)13-5-3-2-4-6-13/h2-11,18H,1H3/b9-7-. The van der Waals surface area contributed by atoms with Crippen LogP contribution in [-0.4, -0.2) is 18.0 Å². The Bertz CT molecular complexity index is 601. The topological polar surface area (TPSA) is 46.5 Å². The Hall–Kier alpha value is -2.55. The number of allylic oxidation sites excluding steroid dienone is 1. The monoisotopic (exact) mass is 254 g/mol. The predicted octanol–water partition coefficient (Wildman–Crippen LogP) is 3.30. The van der Waals surface area contributed by atoms with E-state index in [0.717, 1.165) is 5.56 Å². The van der Waals surface area contributed by atoms with Crippen LogP contribution in [0.4, 0.5) is 0 Å². The van der Waals surface area contributed by atoms with Crippen LogP contribution >= 0.6 is 0 Å². The van der Waals surface area contributed by atoms with Crippen molar-refractivity contribution in [3.8, 4) is 11.5 Å². The molecule has 3 nitrogen and oxygen atoms in total. The van der Waals surface area contributed by atoms with Crippen LogP contribution in [-0.2, 0) is 0 Å². The minimum Gasteiger partial charge on any atom is -0.504 e. The van der Waals surface area contributed by atoms with Crippen molar-refractivity contribution in [2.24, 2.45) is 0 Å². The molecule has 0 saturated carbocycles.